The van der Waals surface area contributed by atoms with Crippen LogP contribution in [0.15, 0.2) is 109 Å². The highest BCUT2D eigenvalue weighted by atomic mass is 31.2. The smallest absolute Gasteiger partial charge is 0.462 e. The summed E-state index contributed by atoms with van der Waals surface area (Å²) in [5.74, 6) is -2.23. The van der Waals surface area contributed by atoms with E-state index in [-0.39, 0.29) is 25.7 Å². The number of phosphoric ester groups is 2. The molecule has 3 N–H and O–H groups in total. The summed E-state index contributed by atoms with van der Waals surface area (Å²) in [7, 11) is -9.95. The normalized spacial score (nSPS) is 14.6. The molecule has 0 radical (unpaired) electrons. The zero-order valence-electron chi connectivity index (χ0n) is 60.0. The second-order valence-electron chi connectivity index (χ2n) is 24.5. The number of unbranched alkanes of at least 4 members (excludes halogenated alkanes) is 25. The SMILES string of the molecule is CC/C=C\C/C=C\C/C=C\CCCCCCCCCC(=O)OCC(COP(=O)(O)OCC(O)COP(=O)(O)OCC(COC(=O)CCCCCCC/C=C\C/C=C\C/C=C\CC)OC(=O)CCCCCCC/C=C\C/C=C\CCC)OC(=O)CCCCCCC/C=C\CCCC. The van der Waals surface area contributed by atoms with Crippen molar-refractivity contribution in [1.29, 1.82) is 0 Å². The molecule has 0 amide bonds. The molecule has 96 heavy (non-hydrogen) atoms. The summed E-state index contributed by atoms with van der Waals surface area (Å²) in [6.45, 7) is 4.49. The van der Waals surface area contributed by atoms with Crippen LogP contribution in [-0.4, -0.2) is 96.7 Å². The van der Waals surface area contributed by atoms with Crippen LogP contribution in [0.2, 0.25) is 0 Å². The average Bonchev–Trinajstić information content (AvgIpc) is 1.13. The number of rotatable bonds is 69. The van der Waals surface area contributed by atoms with Gasteiger partial charge in [0.2, 0.25) is 0 Å². The van der Waals surface area contributed by atoms with Gasteiger partial charge in [0.1, 0.15) is 19.3 Å². The van der Waals surface area contributed by atoms with Gasteiger partial charge in [-0.25, -0.2) is 9.13 Å². The number of aliphatic hydroxyl groups excluding tert-OH is 1. The van der Waals surface area contributed by atoms with Gasteiger partial charge in [0.15, 0.2) is 12.2 Å². The molecule has 0 aromatic heterocycles. The number of ether oxygens (including phenoxy) is 4. The summed E-state index contributed by atoms with van der Waals surface area (Å²) in [5.41, 5.74) is 0. The predicted molar refractivity (Wildman–Crippen MR) is 390 cm³/mol. The molecule has 0 aliphatic carbocycles. The predicted octanol–water partition coefficient (Wildman–Crippen LogP) is 21.0. The summed E-state index contributed by atoms with van der Waals surface area (Å²) in [4.78, 5) is 72.7. The molecule has 0 aromatic carbocycles. The lowest BCUT2D eigenvalue weighted by Gasteiger charge is -2.21. The maximum atomic E-state index is 13.0. The molecule has 0 aliphatic heterocycles. The summed E-state index contributed by atoms with van der Waals surface area (Å²) in [6, 6.07) is 0. The molecule has 0 heterocycles. The van der Waals surface area contributed by atoms with Gasteiger partial charge in [-0.2, -0.15) is 0 Å². The topological polar surface area (TPSA) is 237 Å². The molecule has 0 spiro atoms. The highest BCUT2D eigenvalue weighted by Gasteiger charge is 2.30. The summed E-state index contributed by atoms with van der Waals surface area (Å²) < 4.78 is 68.3. The van der Waals surface area contributed by atoms with Crippen LogP contribution in [0.5, 0.6) is 0 Å². The molecule has 552 valence electrons. The van der Waals surface area contributed by atoms with Crippen LogP contribution in [0.1, 0.15) is 297 Å². The zero-order chi connectivity index (χ0) is 70.4. The molecule has 0 saturated carbocycles. The molecule has 19 heteroatoms. The van der Waals surface area contributed by atoms with E-state index in [4.69, 9.17) is 37.0 Å². The maximum absolute atomic E-state index is 13.0. The quantitative estimate of drug-likeness (QED) is 0.0169. The van der Waals surface area contributed by atoms with Crippen molar-refractivity contribution in [3.8, 4) is 0 Å². The number of carbonyl (C=O) groups is 4. The van der Waals surface area contributed by atoms with E-state index in [2.05, 4.69) is 137 Å². The fraction of sp³-hybridized carbons (Fsp3) is 0.714. The first-order valence-corrected chi connectivity index (χ1v) is 40.1. The Balaban J connectivity index is 5.33. The first-order valence-electron chi connectivity index (χ1n) is 37.1. The number of aliphatic hydroxyl groups is 1. The number of phosphoric acid groups is 2. The Bertz CT molecular complexity index is 2250. The van der Waals surface area contributed by atoms with Crippen LogP contribution in [0.3, 0.4) is 0 Å². The van der Waals surface area contributed by atoms with Gasteiger partial charge in [0.25, 0.3) is 0 Å². The van der Waals surface area contributed by atoms with Crippen LogP contribution in [0, 0.1) is 0 Å². The first-order chi connectivity index (χ1) is 46.7. The highest BCUT2D eigenvalue weighted by molar-refractivity contribution is 7.47. The van der Waals surface area contributed by atoms with E-state index in [1.807, 2.05) is 0 Å². The largest absolute Gasteiger partial charge is 0.472 e. The Hall–Kier alpha value is -4.28. The Morgan fingerprint density at radius 3 is 0.885 bits per heavy atom. The molecule has 0 rings (SSSR count). The molecular formula is C77H132O17P2. The third-order valence-corrected chi connectivity index (χ3v) is 17.1. The van der Waals surface area contributed by atoms with Gasteiger partial charge >= 0.3 is 39.5 Å². The molecule has 17 nitrogen and oxygen atoms in total. The molecule has 0 fully saturated rings. The zero-order valence-corrected chi connectivity index (χ0v) is 61.8. The van der Waals surface area contributed by atoms with Gasteiger partial charge in [-0.1, -0.05) is 246 Å². The Morgan fingerprint density at radius 1 is 0.302 bits per heavy atom. The Labute approximate surface area is 581 Å². The van der Waals surface area contributed by atoms with Gasteiger partial charge < -0.3 is 33.8 Å². The van der Waals surface area contributed by atoms with Crippen molar-refractivity contribution in [2.24, 2.45) is 0 Å². The number of esters is 4. The van der Waals surface area contributed by atoms with Crippen LogP contribution < -0.4 is 0 Å². The minimum Gasteiger partial charge on any atom is -0.462 e. The Morgan fingerprint density at radius 2 is 0.562 bits per heavy atom. The second kappa shape index (κ2) is 69.2. The molecule has 0 aliphatic rings. The first kappa shape index (κ1) is 91.7. The molecule has 5 atom stereocenters. The van der Waals surface area contributed by atoms with Crippen LogP contribution in [0.25, 0.3) is 0 Å². The number of carbonyl (C=O) groups excluding carboxylic acids is 4. The minimum atomic E-state index is -4.98. The number of hydrogen-bond donors (Lipinski definition) is 3. The third-order valence-electron chi connectivity index (χ3n) is 15.2. The standard InChI is InChI=1S/C77H132O17P2/c1-5-9-13-17-21-25-29-32-34-35-37-40-43-46-50-54-58-62-75(80)87-67-72(93-76(81)63-59-55-51-47-41-28-24-20-16-12-8-4)69-91-95(83,84)89-65-71(78)66-90-96(85,86)92-70-73(94-77(82)64-60-56-52-48-44-38-31-27-23-19-15-11-7-3)68-88-74(79)61-57-53-49-45-42-39-36-33-30-26-22-18-14-10-6-2/h9-10,13-15,19-22,24-27,31-34,36,71-73,78H,5-8,11-12,16-18,23,28-30,35,37-70H2,1-4H3,(H,83,84)(H,85,86)/b13-9-,14-10-,19-15-,24-20-,25-21-,26-22-,31-27-,34-32-,36-33-. The van der Waals surface area contributed by atoms with E-state index in [0.717, 1.165) is 205 Å². The lowest BCUT2D eigenvalue weighted by atomic mass is 10.1. The van der Waals surface area contributed by atoms with E-state index in [9.17, 15) is 43.2 Å². The van der Waals surface area contributed by atoms with Crippen molar-refractivity contribution in [3.63, 3.8) is 0 Å². The van der Waals surface area contributed by atoms with Crippen molar-refractivity contribution in [1.82, 2.24) is 0 Å². The Kier molecular flexibility index (Phi) is 66.1. The number of hydrogen-bond acceptors (Lipinski definition) is 15. The molecule has 0 bridgehead atoms. The van der Waals surface area contributed by atoms with E-state index >= 15 is 0 Å². The lowest BCUT2D eigenvalue weighted by Crippen LogP contribution is -2.30. The van der Waals surface area contributed by atoms with E-state index in [0.29, 0.717) is 25.7 Å². The fourth-order valence-electron chi connectivity index (χ4n) is 9.56. The van der Waals surface area contributed by atoms with Crippen molar-refractivity contribution >= 4 is 39.5 Å². The van der Waals surface area contributed by atoms with Crippen LogP contribution >= 0.6 is 15.6 Å². The second-order valence-corrected chi connectivity index (χ2v) is 27.4. The van der Waals surface area contributed by atoms with Crippen molar-refractivity contribution in [3.05, 3.63) is 109 Å². The highest BCUT2D eigenvalue weighted by Crippen LogP contribution is 2.45. The third kappa shape index (κ3) is 68.3. The van der Waals surface area contributed by atoms with E-state index in [1.54, 1.807) is 0 Å². The number of allylic oxidation sites excluding steroid dienone is 18. The molecule has 0 aromatic rings. The van der Waals surface area contributed by atoms with Crippen LogP contribution in [-0.2, 0) is 65.4 Å². The summed E-state index contributed by atoms with van der Waals surface area (Å²) in [5, 5.41) is 10.6. The van der Waals surface area contributed by atoms with Gasteiger partial charge in [0.05, 0.1) is 26.4 Å². The van der Waals surface area contributed by atoms with E-state index < -0.39 is 97.5 Å². The van der Waals surface area contributed by atoms with Gasteiger partial charge in [-0.3, -0.25) is 37.3 Å². The molecule has 0 saturated heterocycles. The van der Waals surface area contributed by atoms with Gasteiger partial charge in [-0.15, -0.1) is 0 Å². The van der Waals surface area contributed by atoms with Crippen molar-refractivity contribution in [2.45, 2.75) is 316 Å². The maximum Gasteiger partial charge on any atom is 0.472 e. The van der Waals surface area contributed by atoms with Crippen LogP contribution in [0.4, 0.5) is 0 Å². The van der Waals surface area contributed by atoms with Crippen molar-refractivity contribution < 1.29 is 80.2 Å². The summed E-state index contributed by atoms with van der Waals surface area (Å²) in [6.07, 6.45) is 72.3. The van der Waals surface area contributed by atoms with Gasteiger partial charge in [0, 0.05) is 25.7 Å². The minimum absolute atomic E-state index is 0.0736. The fourth-order valence-corrected chi connectivity index (χ4v) is 11.1. The lowest BCUT2D eigenvalue weighted by molar-refractivity contribution is -0.161. The average molecular weight is 1390 g/mol. The van der Waals surface area contributed by atoms with Gasteiger partial charge in [-0.05, 0) is 135 Å². The van der Waals surface area contributed by atoms with Crippen molar-refractivity contribution in [2.75, 3.05) is 39.6 Å². The summed E-state index contributed by atoms with van der Waals surface area (Å²) >= 11 is 0. The van der Waals surface area contributed by atoms with E-state index in [1.165, 1.54) is 12.8 Å². The molecule has 5 unspecified atom stereocenters. The monoisotopic (exact) mass is 1390 g/mol. The molecular weight excluding hydrogens is 1260 g/mol.